The van der Waals surface area contributed by atoms with E-state index in [0.29, 0.717) is 17.9 Å². The Morgan fingerprint density at radius 2 is 1.77 bits per heavy atom. The number of nitriles is 1. The number of nitrogens with zero attached hydrogens (tertiary/aromatic N) is 2. The molecule has 0 unspecified atom stereocenters. The third-order valence-corrected chi connectivity index (χ3v) is 4.25. The van der Waals surface area contributed by atoms with Crippen molar-refractivity contribution >= 4 is 16.7 Å². The lowest BCUT2D eigenvalue weighted by molar-refractivity contribution is -0.137. The van der Waals surface area contributed by atoms with Crippen molar-refractivity contribution in [2.45, 2.75) is 19.6 Å². The Morgan fingerprint density at radius 1 is 1.08 bits per heavy atom. The third-order valence-electron chi connectivity index (χ3n) is 4.25. The van der Waals surface area contributed by atoms with Crippen LogP contribution in [0, 0.1) is 11.3 Å². The molecular weight excluding hydrogens is 324 g/mol. The number of carbonyl (C=O) groups excluding carboxylic acids is 1. The highest BCUT2D eigenvalue weighted by molar-refractivity contribution is 5.83. The summed E-state index contributed by atoms with van der Waals surface area (Å²) in [6, 6.07) is 23.2. The summed E-state index contributed by atoms with van der Waals surface area (Å²) in [5, 5.41) is 11.2. The van der Waals surface area contributed by atoms with E-state index >= 15 is 0 Å². The molecule has 4 heteroatoms. The zero-order valence-electron chi connectivity index (χ0n) is 14.8. The molecule has 0 N–H and O–H groups in total. The van der Waals surface area contributed by atoms with E-state index < -0.39 is 6.10 Å². The maximum atomic E-state index is 12.6. The highest BCUT2D eigenvalue weighted by Crippen LogP contribution is 2.18. The third kappa shape index (κ3) is 4.01. The lowest BCUT2D eigenvalue weighted by Gasteiger charge is -2.22. The summed E-state index contributed by atoms with van der Waals surface area (Å²) < 4.78 is 5.70. The first-order chi connectivity index (χ1) is 12.6. The fourth-order valence-corrected chi connectivity index (χ4v) is 2.86. The first-order valence-electron chi connectivity index (χ1n) is 8.46. The van der Waals surface area contributed by atoms with Crippen LogP contribution < -0.4 is 4.74 Å². The summed E-state index contributed by atoms with van der Waals surface area (Å²) >= 11 is 0. The minimum Gasteiger partial charge on any atom is -0.481 e. The average Bonchev–Trinajstić information content (AvgIpc) is 2.67. The molecular formula is C22H20N2O2. The molecule has 0 saturated heterocycles. The van der Waals surface area contributed by atoms with Crippen LogP contribution in [0.5, 0.6) is 5.75 Å². The van der Waals surface area contributed by atoms with Gasteiger partial charge in [0.25, 0.3) is 5.91 Å². The van der Waals surface area contributed by atoms with Gasteiger partial charge in [-0.3, -0.25) is 4.79 Å². The lowest BCUT2D eigenvalue weighted by Crippen LogP contribution is -2.37. The number of amides is 1. The zero-order chi connectivity index (χ0) is 18.5. The summed E-state index contributed by atoms with van der Waals surface area (Å²) in [6.45, 7) is 2.25. The quantitative estimate of drug-likeness (QED) is 0.699. The van der Waals surface area contributed by atoms with Crippen molar-refractivity contribution in [3.05, 3.63) is 77.9 Å². The van der Waals surface area contributed by atoms with Gasteiger partial charge in [0.1, 0.15) is 5.75 Å². The van der Waals surface area contributed by atoms with Crippen molar-refractivity contribution in [2.75, 3.05) is 7.05 Å². The Morgan fingerprint density at radius 3 is 2.46 bits per heavy atom. The summed E-state index contributed by atoms with van der Waals surface area (Å²) in [5.41, 5.74) is 1.63. The first kappa shape index (κ1) is 17.5. The Hall–Kier alpha value is -3.32. The average molecular weight is 344 g/mol. The smallest absolute Gasteiger partial charge is 0.263 e. The number of fused-ring (bicyclic) bond motifs is 1. The topological polar surface area (TPSA) is 53.3 Å². The molecule has 0 heterocycles. The van der Waals surface area contributed by atoms with Crippen LogP contribution in [0.15, 0.2) is 66.7 Å². The Kier molecular flexibility index (Phi) is 5.19. The van der Waals surface area contributed by atoms with Crippen LogP contribution in [-0.4, -0.2) is 24.0 Å². The van der Waals surface area contributed by atoms with Gasteiger partial charge in [-0.2, -0.15) is 5.26 Å². The molecule has 0 saturated carbocycles. The van der Waals surface area contributed by atoms with E-state index in [1.165, 1.54) is 5.39 Å². The number of likely N-dealkylation sites (N-methyl/N-ethyl adjacent to an activating group) is 1. The van der Waals surface area contributed by atoms with Gasteiger partial charge in [0.05, 0.1) is 11.6 Å². The molecule has 3 aromatic carbocycles. The van der Waals surface area contributed by atoms with Crippen LogP contribution in [-0.2, 0) is 11.3 Å². The highest BCUT2D eigenvalue weighted by atomic mass is 16.5. The van der Waals surface area contributed by atoms with E-state index in [2.05, 4.69) is 30.3 Å². The number of hydrogen-bond donors (Lipinski definition) is 0. The van der Waals surface area contributed by atoms with E-state index in [0.717, 1.165) is 10.9 Å². The SMILES string of the molecule is C[C@@H](Oc1ccc(C#N)cc1)C(=O)N(C)Cc1ccc2ccccc2c1. The monoisotopic (exact) mass is 344 g/mol. The predicted molar refractivity (Wildman–Crippen MR) is 102 cm³/mol. The molecule has 0 aromatic heterocycles. The number of ether oxygens (including phenoxy) is 1. The molecule has 3 aromatic rings. The van der Waals surface area contributed by atoms with Crippen LogP contribution in [0.3, 0.4) is 0 Å². The number of rotatable bonds is 5. The fourth-order valence-electron chi connectivity index (χ4n) is 2.86. The molecule has 1 amide bonds. The zero-order valence-corrected chi connectivity index (χ0v) is 14.8. The summed E-state index contributed by atoms with van der Waals surface area (Å²) in [5.74, 6) is 0.478. The van der Waals surface area contributed by atoms with Gasteiger partial charge in [-0.15, -0.1) is 0 Å². The van der Waals surface area contributed by atoms with Crippen molar-refractivity contribution < 1.29 is 9.53 Å². The largest absolute Gasteiger partial charge is 0.481 e. The van der Waals surface area contributed by atoms with Crippen molar-refractivity contribution in [3.63, 3.8) is 0 Å². The number of hydrogen-bond acceptors (Lipinski definition) is 3. The van der Waals surface area contributed by atoms with Gasteiger partial charge in [-0.05, 0) is 53.6 Å². The molecule has 4 nitrogen and oxygen atoms in total. The van der Waals surface area contributed by atoms with Gasteiger partial charge in [-0.1, -0.05) is 36.4 Å². The van der Waals surface area contributed by atoms with Crippen LogP contribution >= 0.6 is 0 Å². The van der Waals surface area contributed by atoms with Crippen molar-refractivity contribution in [3.8, 4) is 11.8 Å². The van der Waals surface area contributed by atoms with Gasteiger partial charge in [0.2, 0.25) is 0 Å². The minimum absolute atomic E-state index is 0.0949. The van der Waals surface area contributed by atoms with Gasteiger partial charge in [-0.25, -0.2) is 0 Å². The second-order valence-corrected chi connectivity index (χ2v) is 6.27. The van der Waals surface area contributed by atoms with Crippen LogP contribution in [0.4, 0.5) is 0 Å². The molecule has 3 rings (SSSR count). The molecule has 26 heavy (non-hydrogen) atoms. The van der Waals surface area contributed by atoms with Gasteiger partial charge in [0.15, 0.2) is 6.10 Å². The van der Waals surface area contributed by atoms with E-state index in [4.69, 9.17) is 10.00 Å². The fraction of sp³-hybridized carbons (Fsp3) is 0.182. The molecule has 0 aliphatic rings. The Balaban J connectivity index is 1.64. The summed E-state index contributed by atoms with van der Waals surface area (Å²) in [6.07, 6.45) is -0.603. The predicted octanol–water partition coefficient (Wildman–Crippen LogP) is 4.14. The molecule has 0 spiro atoms. The van der Waals surface area contributed by atoms with Gasteiger partial charge < -0.3 is 9.64 Å². The van der Waals surface area contributed by atoms with Gasteiger partial charge in [0, 0.05) is 13.6 Å². The lowest BCUT2D eigenvalue weighted by atomic mass is 10.1. The van der Waals surface area contributed by atoms with E-state index in [-0.39, 0.29) is 5.91 Å². The maximum Gasteiger partial charge on any atom is 0.263 e. The molecule has 0 aliphatic heterocycles. The van der Waals surface area contributed by atoms with E-state index in [1.54, 1.807) is 43.1 Å². The van der Waals surface area contributed by atoms with Gasteiger partial charge >= 0.3 is 0 Å². The van der Waals surface area contributed by atoms with Crippen LogP contribution in [0.25, 0.3) is 10.8 Å². The van der Waals surface area contributed by atoms with Crippen LogP contribution in [0.1, 0.15) is 18.1 Å². The second-order valence-electron chi connectivity index (χ2n) is 6.27. The van der Waals surface area contributed by atoms with Crippen LogP contribution in [0.2, 0.25) is 0 Å². The maximum absolute atomic E-state index is 12.6. The van der Waals surface area contributed by atoms with Crippen molar-refractivity contribution in [1.82, 2.24) is 4.90 Å². The molecule has 0 fully saturated rings. The molecule has 0 radical (unpaired) electrons. The molecule has 0 aliphatic carbocycles. The summed E-state index contributed by atoms with van der Waals surface area (Å²) in [4.78, 5) is 14.3. The number of carbonyl (C=O) groups is 1. The molecule has 130 valence electrons. The molecule has 0 bridgehead atoms. The summed E-state index contributed by atoms with van der Waals surface area (Å²) in [7, 11) is 1.77. The Bertz CT molecular complexity index is 958. The van der Waals surface area contributed by atoms with Crippen molar-refractivity contribution in [1.29, 1.82) is 5.26 Å². The Labute approximate surface area is 153 Å². The highest BCUT2D eigenvalue weighted by Gasteiger charge is 2.19. The second kappa shape index (κ2) is 7.71. The van der Waals surface area contributed by atoms with E-state index in [1.807, 2.05) is 18.2 Å². The standard InChI is InChI=1S/C22H20N2O2/c1-16(26-21-11-8-17(14-23)9-12-21)22(25)24(2)15-18-7-10-19-5-3-4-6-20(19)13-18/h3-13,16H,15H2,1-2H3/t16-/m1/s1. The number of benzene rings is 3. The minimum atomic E-state index is -0.603. The molecule has 1 atom stereocenters. The van der Waals surface area contributed by atoms with Crippen molar-refractivity contribution in [2.24, 2.45) is 0 Å². The van der Waals surface area contributed by atoms with E-state index in [9.17, 15) is 4.79 Å². The normalized spacial score (nSPS) is 11.6. The first-order valence-corrected chi connectivity index (χ1v) is 8.46.